The number of carbonyl (C=O) groups excluding carboxylic acids is 1. The number of carbonyl (C=O) groups is 1. The van der Waals surface area contributed by atoms with Gasteiger partial charge in [0.25, 0.3) is 0 Å². The molecule has 0 heterocycles. The highest BCUT2D eigenvalue weighted by atomic mass is 79.9. The first-order valence-electron chi connectivity index (χ1n) is 7.28. The zero-order chi connectivity index (χ0) is 18.4. The van der Waals surface area contributed by atoms with E-state index in [2.05, 4.69) is 26.6 Å². The quantitative estimate of drug-likeness (QED) is 0.712. The summed E-state index contributed by atoms with van der Waals surface area (Å²) >= 11 is 9.40. The third-order valence-electron chi connectivity index (χ3n) is 3.40. The van der Waals surface area contributed by atoms with E-state index < -0.39 is 0 Å². The Morgan fingerprint density at radius 2 is 1.80 bits per heavy atom. The summed E-state index contributed by atoms with van der Waals surface area (Å²) in [7, 11) is 4.60. The number of benzene rings is 2. The van der Waals surface area contributed by atoms with Gasteiger partial charge in [-0.2, -0.15) is 0 Å². The monoisotopic (exact) mass is 428 g/mol. The minimum absolute atomic E-state index is 0.240. The zero-order valence-corrected chi connectivity index (χ0v) is 16.3. The van der Waals surface area contributed by atoms with Gasteiger partial charge in [0.05, 0.1) is 32.0 Å². The van der Waals surface area contributed by atoms with Crippen molar-refractivity contribution in [3.05, 3.63) is 45.4 Å². The van der Waals surface area contributed by atoms with Gasteiger partial charge < -0.3 is 24.8 Å². The van der Waals surface area contributed by atoms with Crippen molar-refractivity contribution in [2.24, 2.45) is 0 Å². The van der Waals surface area contributed by atoms with Crippen molar-refractivity contribution in [2.75, 3.05) is 26.6 Å². The lowest BCUT2D eigenvalue weighted by Gasteiger charge is -2.16. The van der Waals surface area contributed by atoms with Gasteiger partial charge in [-0.3, -0.25) is 0 Å². The molecule has 8 heteroatoms. The lowest BCUT2D eigenvalue weighted by atomic mass is 10.1. The van der Waals surface area contributed by atoms with Crippen LogP contribution < -0.4 is 24.8 Å². The fourth-order valence-electron chi connectivity index (χ4n) is 2.24. The minimum Gasteiger partial charge on any atom is -0.493 e. The topological polar surface area (TPSA) is 68.8 Å². The highest BCUT2D eigenvalue weighted by molar-refractivity contribution is 9.10. The molecule has 2 rings (SSSR count). The molecule has 0 saturated heterocycles. The second-order valence-electron chi connectivity index (χ2n) is 4.93. The number of ether oxygens (including phenoxy) is 3. The largest absolute Gasteiger partial charge is 0.493 e. The maximum atomic E-state index is 12.1. The molecule has 2 aromatic rings. The Labute approximate surface area is 159 Å². The van der Waals surface area contributed by atoms with E-state index in [0.717, 1.165) is 10.0 Å². The van der Waals surface area contributed by atoms with E-state index in [1.54, 1.807) is 37.4 Å². The molecule has 0 aromatic heterocycles. The first-order chi connectivity index (χ1) is 12.0. The van der Waals surface area contributed by atoms with Gasteiger partial charge in [-0.25, -0.2) is 4.79 Å². The number of hydrogen-bond donors (Lipinski definition) is 2. The molecule has 0 unspecified atom stereocenters. The Kier molecular flexibility index (Phi) is 6.78. The summed E-state index contributed by atoms with van der Waals surface area (Å²) in [5.41, 5.74) is 1.26. The number of halogens is 2. The molecule has 25 heavy (non-hydrogen) atoms. The van der Waals surface area contributed by atoms with Gasteiger partial charge in [-0.05, 0) is 30.3 Å². The summed E-state index contributed by atoms with van der Waals surface area (Å²) in [6, 6.07) is 8.37. The summed E-state index contributed by atoms with van der Waals surface area (Å²) in [5, 5.41) is 5.89. The highest BCUT2D eigenvalue weighted by Gasteiger charge is 2.16. The maximum absolute atomic E-state index is 12.1. The second kappa shape index (κ2) is 8.82. The van der Waals surface area contributed by atoms with Gasteiger partial charge in [0.2, 0.25) is 5.75 Å². The smallest absolute Gasteiger partial charge is 0.319 e. The third-order valence-corrected chi connectivity index (χ3v) is 4.21. The molecular formula is C17H18BrClN2O4. The van der Waals surface area contributed by atoms with E-state index in [4.69, 9.17) is 25.8 Å². The Balaban J connectivity index is 2.09. The average Bonchev–Trinajstić information content (AvgIpc) is 2.61. The van der Waals surface area contributed by atoms with Crippen LogP contribution in [0, 0.1) is 0 Å². The number of hydrogen-bond acceptors (Lipinski definition) is 4. The van der Waals surface area contributed by atoms with Crippen molar-refractivity contribution < 1.29 is 19.0 Å². The van der Waals surface area contributed by atoms with Crippen molar-refractivity contribution in [3.8, 4) is 17.2 Å². The molecule has 2 aromatic carbocycles. The van der Waals surface area contributed by atoms with E-state index in [1.165, 1.54) is 14.2 Å². The molecule has 0 fully saturated rings. The van der Waals surface area contributed by atoms with Gasteiger partial charge in [-0.15, -0.1) is 0 Å². The van der Waals surface area contributed by atoms with Crippen LogP contribution in [0.2, 0.25) is 5.02 Å². The van der Waals surface area contributed by atoms with Crippen LogP contribution in [-0.2, 0) is 6.54 Å². The Morgan fingerprint density at radius 3 is 2.40 bits per heavy atom. The SMILES string of the molecule is COc1ccc(CNC(=O)Nc2ccc(Br)cc2Cl)c(OC)c1OC. The number of urea groups is 1. The highest BCUT2D eigenvalue weighted by Crippen LogP contribution is 2.39. The van der Waals surface area contributed by atoms with E-state index in [0.29, 0.717) is 28.0 Å². The van der Waals surface area contributed by atoms with Gasteiger partial charge in [0.1, 0.15) is 0 Å². The fraction of sp³-hybridized carbons (Fsp3) is 0.235. The lowest BCUT2D eigenvalue weighted by molar-refractivity contribution is 0.251. The zero-order valence-electron chi connectivity index (χ0n) is 14.0. The number of methoxy groups -OCH3 is 3. The van der Waals surface area contributed by atoms with E-state index in [1.807, 2.05) is 0 Å². The molecule has 0 radical (unpaired) electrons. The summed E-state index contributed by atoms with van der Waals surface area (Å²) in [5.74, 6) is 1.53. The lowest BCUT2D eigenvalue weighted by Crippen LogP contribution is -2.28. The molecule has 2 N–H and O–H groups in total. The number of nitrogens with one attached hydrogen (secondary N) is 2. The van der Waals surface area contributed by atoms with Crippen molar-refractivity contribution in [1.29, 1.82) is 0 Å². The van der Waals surface area contributed by atoms with Crippen molar-refractivity contribution in [3.63, 3.8) is 0 Å². The van der Waals surface area contributed by atoms with Crippen LogP contribution in [0.1, 0.15) is 5.56 Å². The van der Waals surface area contributed by atoms with E-state index in [9.17, 15) is 4.79 Å². The molecule has 6 nitrogen and oxygen atoms in total. The first-order valence-corrected chi connectivity index (χ1v) is 8.45. The molecule has 0 aliphatic carbocycles. The third kappa shape index (κ3) is 4.70. The molecule has 0 bridgehead atoms. The molecule has 0 aliphatic rings. The number of anilines is 1. The summed E-state index contributed by atoms with van der Waals surface area (Å²) in [6.45, 7) is 0.240. The summed E-state index contributed by atoms with van der Waals surface area (Å²) in [4.78, 5) is 12.1. The summed E-state index contributed by atoms with van der Waals surface area (Å²) in [6.07, 6.45) is 0. The van der Waals surface area contributed by atoms with Crippen LogP contribution in [0.5, 0.6) is 17.2 Å². The predicted octanol–water partition coefficient (Wildman–Crippen LogP) is 4.45. The van der Waals surface area contributed by atoms with Crippen LogP contribution in [0.4, 0.5) is 10.5 Å². The first kappa shape index (κ1) is 19.2. The Hall–Kier alpha value is -2.12. The predicted molar refractivity (Wildman–Crippen MR) is 101 cm³/mol. The van der Waals surface area contributed by atoms with Crippen molar-refractivity contribution >= 4 is 39.2 Å². The Bertz CT molecular complexity index is 771. The van der Waals surface area contributed by atoms with Gasteiger partial charge in [0.15, 0.2) is 11.5 Å². The average molecular weight is 430 g/mol. The normalized spacial score (nSPS) is 10.1. The molecule has 134 valence electrons. The fourth-order valence-corrected chi connectivity index (χ4v) is 2.96. The van der Waals surface area contributed by atoms with Gasteiger partial charge in [-0.1, -0.05) is 27.5 Å². The second-order valence-corrected chi connectivity index (χ2v) is 6.25. The number of rotatable bonds is 6. The van der Waals surface area contributed by atoms with Crippen molar-refractivity contribution in [2.45, 2.75) is 6.54 Å². The Morgan fingerprint density at radius 1 is 1.08 bits per heavy atom. The molecule has 0 atom stereocenters. The van der Waals surface area contributed by atoms with Crippen LogP contribution in [0.25, 0.3) is 0 Å². The van der Waals surface area contributed by atoms with Gasteiger partial charge >= 0.3 is 6.03 Å². The van der Waals surface area contributed by atoms with Gasteiger partial charge in [0, 0.05) is 16.6 Å². The molecule has 2 amide bonds. The number of amides is 2. The van der Waals surface area contributed by atoms with Crippen LogP contribution in [-0.4, -0.2) is 27.4 Å². The van der Waals surface area contributed by atoms with Crippen LogP contribution >= 0.6 is 27.5 Å². The standard InChI is InChI=1S/C17H18BrClN2O4/c1-23-14-7-4-10(15(24-2)16(14)25-3)9-20-17(22)21-13-6-5-11(18)8-12(13)19/h4-8H,9H2,1-3H3,(H2,20,21,22). The van der Waals surface area contributed by atoms with Crippen LogP contribution in [0.3, 0.4) is 0 Å². The molecule has 0 spiro atoms. The summed E-state index contributed by atoms with van der Waals surface area (Å²) < 4.78 is 16.8. The molecule has 0 saturated carbocycles. The van der Waals surface area contributed by atoms with E-state index >= 15 is 0 Å². The van der Waals surface area contributed by atoms with Crippen molar-refractivity contribution in [1.82, 2.24) is 5.32 Å². The molecular weight excluding hydrogens is 412 g/mol. The minimum atomic E-state index is -0.388. The molecule has 0 aliphatic heterocycles. The van der Waals surface area contributed by atoms with Crippen LogP contribution in [0.15, 0.2) is 34.8 Å². The van der Waals surface area contributed by atoms with E-state index in [-0.39, 0.29) is 12.6 Å². The maximum Gasteiger partial charge on any atom is 0.319 e.